The zero-order valence-corrected chi connectivity index (χ0v) is 23.1. The van der Waals surface area contributed by atoms with Gasteiger partial charge in [0.1, 0.15) is 13.2 Å². The van der Waals surface area contributed by atoms with Crippen LogP contribution in [-0.2, 0) is 29.5 Å². The van der Waals surface area contributed by atoms with Crippen LogP contribution >= 0.6 is 11.6 Å². The predicted octanol–water partition coefficient (Wildman–Crippen LogP) is 4.86. The second-order valence-electron chi connectivity index (χ2n) is 9.17. The number of aromatic nitrogens is 1. The fourth-order valence-corrected chi connectivity index (χ4v) is 5.81. The number of hydrogen-bond donors (Lipinski definition) is 1. The number of aryl methyl sites for hydroxylation is 1. The molecule has 0 saturated carbocycles. The zero-order chi connectivity index (χ0) is 26.6. The highest BCUT2D eigenvalue weighted by Gasteiger charge is 2.26. The Kier molecular flexibility index (Phi) is 8.46. The van der Waals surface area contributed by atoms with Crippen molar-refractivity contribution in [1.82, 2.24) is 9.88 Å². The van der Waals surface area contributed by atoms with Gasteiger partial charge in [-0.15, -0.1) is 0 Å². The largest absolute Gasteiger partial charge is 0.493 e. The number of methoxy groups -OCH3 is 1. The normalized spacial score (nSPS) is 12.9. The first-order valence-corrected chi connectivity index (χ1v) is 13.9. The number of nitrogens with one attached hydrogen (secondary N) is 1. The first-order chi connectivity index (χ1) is 17.7. The lowest BCUT2D eigenvalue weighted by Gasteiger charge is -2.18. The van der Waals surface area contributed by atoms with Gasteiger partial charge in [-0.25, -0.2) is 8.42 Å². The number of hydrogen-bond acceptors (Lipinski definition) is 7. The van der Waals surface area contributed by atoms with E-state index in [0.717, 1.165) is 42.6 Å². The van der Waals surface area contributed by atoms with Crippen molar-refractivity contribution in [2.75, 3.05) is 39.1 Å². The van der Waals surface area contributed by atoms with E-state index >= 15 is 0 Å². The second kappa shape index (κ2) is 11.6. The average molecular weight is 546 g/mol. The summed E-state index contributed by atoms with van der Waals surface area (Å²) >= 11 is 6.20. The number of anilines is 1. The highest BCUT2D eigenvalue weighted by Crippen LogP contribution is 2.38. The van der Waals surface area contributed by atoms with E-state index in [1.165, 1.54) is 0 Å². The molecule has 0 bridgehead atoms. The molecule has 0 amide bonds. The van der Waals surface area contributed by atoms with Crippen LogP contribution in [0.2, 0.25) is 5.02 Å². The summed E-state index contributed by atoms with van der Waals surface area (Å²) in [6.07, 6.45) is 4.01. The van der Waals surface area contributed by atoms with Crippen LogP contribution in [0.3, 0.4) is 0 Å². The van der Waals surface area contributed by atoms with E-state index in [-0.39, 0.29) is 11.5 Å². The lowest BCUT2D eigenvalue weighted by Crippen LogP contribution is -2.19. The van der Waals surface area contributed by atoms with E-state index in [0.29, 0.717) is 40.1 Å². The Bertz CT molecular complexity index is 1380. The molecular formula is C27H32ClN3O5S. The minimum Gasteiger partial charge on any atom is -0.493 e. The molecule has 198 valence electrons. The number of pyridine rings is 1. The SMILES string of the molecule is COc1ccc(COc2cnc3c(c2NS(=O)(=O)c2cccc(Cl)c2C)CCC3)cc1OCCN(C)C. The number of rotatable bonds is 11. The molecule has 0 saturated heterocycles. The molecule has 4 rings (SSSR count). The number of ether oxygens (including phenoxy) is 3. The first kappa shape index (κ1) is 27.0. The molecule has 1 N–H and O–H groups in total. The Morgan fingerprint density at radius 3 is 2.65 bits per heavy atom. The molecule has 8 nitrogen and oxygen atoms in total. The summed E-state index contributed by atoms with van der Waals surface area (Å²) in [6.45, 7) is 3.16. The summed E-state index contributed by atoms with van der Waals surface area (Å²) in [4.78, 5) is 6.70. The Hall–Kier alpha value is -3.01. The van der Waals surface area contributed by atoms with Gasteiger partial charge in [-0.2, -0.15) is 0 Å². The third-order valence-corrected chi connectivity index (χ3v) is 8.14. The molecule has 0 radical (unpaired) electrons. The summed E-state index contributed by atoms with van der Waals surface area (Å²) in [6, 6.07) is 10.4. The van der Waals surface area contributed by atoms with Gasteiger partial charge in [0.25, 0.3) is 10.0 Å². The fourth-order valence-electron chi connectivity index (χ4n) is 4.20. The van der Waals surface area contributed by atoms with Crippen molar-refractivity contribution in [2.24, 2.45) is 0 Å². The molecule has 1 aliphatic carbocycles. The molecule has 1 heterocycles. The third-order valence-electron chi connectivity index (χ3n) is 6.24. The summed E-state index contributed by atoms with van der Waals surface area (Å²) < 4.78 is 47.0. The number of halogens is 1. The maximum Gasteiger partial charge on any atom is 0.262 e. The Balaban J connectivity index is 1.60. The molecule has 1 aromatic heterocycles. The molecule has 0 spiro atoms. The van der Waals surface area contributed by atoms with Gasteiger partial charge >= 0.3 is 0 Å². The van der Waals surface area contributed by atoms with E-state index in [9.17, 15) is 8.42 Å². The number of sulfonamides is 1. The quantitative estimate of drug-likeness (QED) is 0.368. The number of nitrogens with zero attached hydrogens (tertiary/aromatic N) is 2. The van der Waals surface area contributed by atoms with E-state index in [2.05, 4.69) is 9.71 Å². The maximum atomic E-state index is 13.4. The van der Waals surface area contributed by atoms with Crippen molar-refractivity contribution >= 4 is 27.3 Å². The first-order valence-electron chi connectivity index (χ1n) is 12.1. The molecule has 0 unspecified atom stereocenters. The van der Waals surface area contributed by atoms with Gasteiger partial charge in [0.2, 0.25) is 0 Å². The van der Waals surface area contributed by atoms with Gasteiger partial charge in [-0.3, -0.25) is 9.71 Å². The maximum absolute atomic E-state index is 13.4. The molecule has 0 atom stereocenters. The van der Waals surface area contributed by atoms with Gasteiger partial charge < -0.3 is 19.1 Å². The monoisotopic (exact) mass is 545 g/mol. The standard InChI is InChI=1S/C27H32ClN3O5S/c1-18-21(28)8-6-10-26(18)37(32,33)30-27-20-7-5-9-22(20)29-16-25(27)36-17-19-11-12-23(34-4)24(15-19)35-14-13-31(2)3/h6,8,10-12,15-16H,5,7,9,13-14,17H2,1-4H3,(H,29,30). The van der Waals surface area contributed by atoms with Gasteiger partial charge in [-0.05, 0) is 75.7 Å². The van der Waals surface area contributed by atoms with Crippen LogP contribution in [0.4, 0.5) is 5.69 Å². The summed E-state index contributed by atoms with van der Waals surface area (Å²) in [5.41, 5.74) is 3.51. The predicted molar refractivity (Wildman–Crippen MR) is 145 cm³/mol. The van der Waals surface area contributed by atoms with Crippen LogP contribution in [0.15, 0.2) is 47.5 Å². The minimum absolute atomic E-state index is 0.129. The van der Waals surface area contributed by atoms with Crippen molar-refractivity contribution in [3.63, 3.8) is 0 Å². The lowest BCUT2D eigenvalue weighted by molar-refractivity contribution is 0.249. The van der Waals surface area contributed by atoms with Crippen LogP contribution < -0.4 is 18.9 Å². The molecule has 10 heteroatoms. The van der Waals surface area contributed by atoms with E-state index in [1.54, 1.807) is 38.4 Å². The average Bonchev–Trinajstić information content (AvgIpc) is 3.34. The van der Waals surface area contributed by atoms with Crippen molar-refractivity contribution in [3.05, 3.63) is 70.0 Å². The summed E-state index contributed by atoms with van der Waals surface area (Å²) in [5, 5.41) is 0.391. The topological polar surface area (TPSA) is 90.0 Å². The molecule has 2 aromatic carbocycles. The van der Waals surface area contributed by atoms with Crippen molar-refractivity contribution < 1.29 is 22.6 Å². The molecule has 3 aromatic rings. The summed E-state index contributed by atoms with van der Waals surface area (Å²) in [7, 11) is 1.65. The molecular weight excluding hydrogens is 514 g/mol. The number of likely N-dealkylation sites (N-methyl/N-ethyl adjacent to an activating group) is 1. The van der Waals surface area contributed by atoms with Gasteiger partial charge in [0.05, 0.1) is 23.9 Å². The second-order valence-corrected chi connectivity index (χ2v) is 11.2. The molecule has 37 heavy (non-hydrogen) atoms. The molecule has 0 fully saturated rings. The van der Waals surface area contributed by atoms with Crippen molar-refractivity contribution in [1.29, 1.82) is 0 Å². The zero-order valence-electron chi connectivity index (χ0n) is 21.5. The van der Waals surface area contributed by atoms with Crippen LogP contribution in [0.1, 0.15) is 28.8 Å². The molecule has 1 aliphatic rings. The Morgan fingerprint density at radius 1 is 1.08 bits per heavy atom. The minimum atomic E-state index is -3.91. The van der Waals surface area contributed by atoms with E-state index in [4.69, 9.17) is 25.8 Å². The fraction of sp³-hybridized carbons (Fsp3) is 0.370. The van der Waals surface area contributed by atoms with Gasteiger partial charge in [0.15, 0.2) is 17.2 Å². The Labute approximate surface area is 223 Å². The number of benzene rings is 2. The van der Waals surface area contributed by atoms with Crippen LogP contribution in [-0.4, -0.2) is 52.7 Å². The van der Waals surface area contributed by atoms with Gasteiger partial charge in [0, 0.05) is 22.8 Å². The van der Waals surface area contributed by atoms with Crippen LogP contribution in [0.25, 0.3) is 0 Å². The van der Waals surface area contributed by atoms with Crippen LogP contribution in [0.5, 0.6) is 17.2 Å². The lowest BCUT2D eigenvalue weighted by atomic mass is 10.1. The van der Waals surface area contributed by atoms with E-state index < -0.39 is 10.0 Å². The van der Waals surface area contributed by atoms with Crippen LogP contribution in [0, 0.1) is 6.92 Å². The Morgan fingerprint density at radius 2 is 1.89 bits per heavy atom. The highest BCUT2D eigenvalue weighted by atomic mass is 35.5. The highest BCUT2D eigenvalue weighted by molar-refractivity contribution is 7.92. The van der Waals surface area contributed by atoms with Crippen molar-refractivity contribution in [2.45, 2.75) is 37.7 Å². The summed E-state index contributed by atoms with van der Waals surface area (Å²) in [5.74, 6) is 1.62. The molecule has 0 aliphatic heterocycles. The third kappa shape index (κ3) is 6.29. The van der Waals surface area contributed by atoms with Crippen molar-refractivity contribution in [3.8, 4) is 17.2 Å². The van der Waals surface area contributed by atoms with Gasteiger partial charge in [-0.1, -0.05) is 23.7 Å². The smallest absolute Gasteiger partial charge is 0.262 e. The van der Waals surface area contributed by atoms with E-state index in [1.807, 2.05) is 37.2 Å². The number of fused-ring (bicyclic) bond motifs is 1.